The van der Waals surface area contributed by atoms with Crippen LogP contribution in [0.25, 0.3) is 5.69 Å². The van der Waals surface area contributed by atoms with Gasteiger partial charge >= 0.3 is 0 Å². The predicted octanol–water partition coefficient (Wildman–Crippen LogP) is 3.55. The average Bonchev–Trinajstić information content (AvgIpc) is 3.06. The molecule has 116 valence electrons. The molecule has 0 bridgehead atoms. The highest BCUT2D eigenvalue weighted by atomic mass is 32.2. The maximum atomic E-state index is 12.4. The molecule has 1 N–H and O–H groups in total. The molecule has 2 aromatic heterocycles. The first-order valence-electron chi connectivity index (χ1n) is 7.09. The summed E-state index contributed by atoms with van der Waals surface area (Å²) in [6, 6.07) is 11.1. The highest BCUT2D eigenvalue weighted by Crippen LogP contribution is 2.19. The molecule has 0 fully saturated rings. The van der Waals surface area contributed by atoms with E-state index in [-0.39, 0.29) is 5.91 Å². The van der Waals surface area contributed by atoms with Gasteiger partial charge in [0.15, 0.2) is 5.16 Å². The molecule has 1 aromatic carbocycles. The van der Waals surface area contributed by atoms with E-state index in [1.54, 1.807) is 36.3 Å². The molecule has 0 spiro atoms. The molecule has 0 radical (unpaired) electrons. The summed E-state index contributed by atoms with van der Waals surface area (Å²) >= 11 is 1.56. The third-order valence-corrected chi connectivity index (χ3v) is 4.00. The van der Waals surface area contributed by atoms with Crippen LogP contribution in [0.3, 0.4) is 0 Å². The fraction of sp³-hybridized carbons (Fsp3) is 0.118. The van der Waals surface area contributed by atoms with Crippen molar-refractivity contribution < 1.29 is 4.79 Å². The van der Waals surface area contributed by atoms with Crippen molar-refractivity contribution in [3.05, 3.63) is 66.1 Å². The minimum atomic E-state index is -0.186. The van der Waals surface area contributed by atoms with Gasteiger partial charge in [0, 0.05) is 29.8 Å². The zero-order chi connectivity index (χ0) is 16.2. The second kappa shape index (κ2) is 6.66. The largest absolute Gasteiger partial charge is 0.307 e. The second-order valence-corrected chi connectivity index (χ2v) is 5.78. The van der Waals surface area contributed by atoms with Gasteiger partial charge in [0.2, 0.25) is 0 Å². The van der Waals surface area contributed by atoms with E-state index in [0.29, 0.717) is 11.4 Å². The van der Waals surface area contributed by atoms with E-state index < -0.39 is 0 Å². The number of benzene rings is 1. The van der Waals surface area contributed by atoms with Crippen molar-refractivity contribution in [2.24, 2.45) is 0 Å². The number of thioether (sulfide) groups is 1. The van der Waals surface area contributed by atoms with Crippen LogP contribution >= 0.6 is 11.8 Å². The molecular formula is C17H16N4OS. The van der Waals surface area contributed by atoms with Crippen molar-refractivity contribution in [3.63, 3.8) is 0 Å². The second-order valence-electron chi connectivity index (χ2n) is 5.01. The molecule has 0 saturated carbocycles. The van der Waals surface area contributed by atoms with Gasteiger partial charge in [-0.3, -0.25) is 9.36 Å². The number of pyridine rings is 1. The third-order valence-electron chi connectivity index (χ3n) is 3.33. The monoisotopic (exact) mass is 324 g/mol. The zero-order valence-electron chi connectivity index (χ0n) is 12.9. The third kappa shape index (κ3) is 3.43. The van der Waals surface area contributed by atoms with Gasteiger partial charge in [0.05, 0.1) is 0 Å². The Morgan fingerprint density at radius 1 is 1.22 bits per heavy atom. The molecule has 0 aliphatic carbocycles. The van der Waals surface area contributed by atoms with Crippen LogP contribution < -0.4 is 5.32 Å². The van der Waals surface area contributed by atoms with E-state index in [9.17, 15) is 4.79 Å². The summed E-state index contributed by atoms with van der Waals surface area (Å²) < 4.78 is 1.95. The Labute approximate surface area is 138 Å². The Hall–Kier alpha value is -2.60. The summed E-state index contributed by atoms with van der Waals surface area (Å²) in [5.41, 5.74) is 2.52. The van der Waals surface area contributed by atoms with Crippen molar-refractivity contribution >= 4 is 23.5 Å². The van der Waals surface area contributed by atoms with Crippen molar-refractivity contribution in [1.82, 2.24) is 14.5 Å². The van der Waals surface area contributed by atoms with E-state index in [0.717, 1.165) is 16.4 Å². The average molecular weight is 324 g/mol. The molecule has 3 rings (SSSR count). The lowest BCUT2D eigenvalue weighted by Crippen LogP contribution is -2.13. The number of anilines is 1. The molecule has 0 saturated heterocycles. The van der Waals surface area contributed by atoms with Crippen LogP contribution in [-0.2, 0) is 0 Å². The Kier molecular flexibility index (Phi) is 4.43. The first-order valence-corrected chi connectivity index (χ1v) is 8.31. The molecule has 1 amide bonds. The van der Waals surface area contributed by atoms with E-state index in [1.807, 2.05) is 48.2 Å². The number of aryl methyl sites for hydroxylation is 1. The van der Waals surface area contributed by atoms with Gasteiger partial charge in [-0.15, -0.1) is 0 Å². The maximum Gasteiger partial charge on any atom is 0.256 e. The highest BCUT2D eigenvalue weighted by Gasteiger charge is 2.10. The number of carbonyl (C=O) groups excluding carboxylic acids is 1. The fourth-order valence-electron chi connectivity index (χ4n) is 2.16. The number of nitrogens with zero attached hydrogens (tertiary/aromatic N) is 3. The van der Waals surface area contributed by atoms with E-state index in [4.69, 9.17) is 0 Å². The van der Waals surface area contributed by atoms with Crippen LogP contribution in [0.4, 0.5) is 5.82 Å². The Morgan fingerprint density at radius 2 is 2.09 bits per heavy atom. The molecule has 0 aliphatic rings. The molecule has 0 aliphatic heterocycles. The zero-order valence-corrected chi connectivity index (χ0v) is 13.7. The number of hydrogen-bond donors (Lipinski definition) is 1. The van der Waals surface area contributed by atoms with Gasteiger partial charge in [-0.2, -0.15) is 0 Å². The standard InChI is InChI=1S/C17H16N4OS/c1-12-6-7-15(19-11-12)20-16(22)13-4-3-5-14(10-13)21-9-8-18-17(21)23-2/h3-11H,1-2H3,(H,19,20,22). The number of imidazole rings is 1. The van der Waals surface area contributed by atoms with Gasteiger partial charge in [-0.1, -0.05) is 23.9 Å². The number of nitrogens with one attached hydrogen (secondary N) is 1. The van der Waals surface area contributed by atoms with Gasteiger partial charge in [-0.05, 0) is 43.0 Å². The van der Waals surface area contributed by atoms with Gasteiger partial charge in [0.25, 0.3) is 5.91 Å². The lowest BCUT2D eigenvalue weighted by atomic mass is 10.2. The number of rotatable bonds is 4. The summed E-state index contributed by atoms with van der Waals surface area (Å²) in [6.45, 7) is 1.95. The van der Waals surface area contributed by atoms with Crippen LogP contribution in [0.15, 0.2) is 60.1 Å². The van der Waals surface area contributed by atoms with Crippen LogP contribution in [0, 0.1) is 6.92 Å². The lowest BCUT2D eigenvalue weighted by molar-refractivity contribution is 0.102. The topological polar surface area (TPSA) is 59.8 Å². The maximum absolute atomic E-state index is 12.4. The summed E-state index contributed by atoms with van der Waals surface area (Å²) in [6.07, 6.45) is 7.32. The van der Waals surface area contributed by atoms with Crippen molar-refractivity contribution in [3.8, 4) is 5.69 Å². The Morgan fingerprint density at radius 3 is 2.83 bits per heavy atom. The Bertz CT molecular complexity index is 827. The molecular weight excluding hydrogens is 308 g/mol. The van der Waals surface area contributed by atoms with Gasteiger partial charge in [0.1, 0.15) is 5.82 Å². The van der Waals surface area contributed by atoms with Crippen LogP contribution in [0.1, 0.15) is 15.9 Å². The molecule has 6 heteroatoms. The number of aromatic nitrogens is 3. The normalized spacial score (nSPS) is 10.5. The number of amides is 1. The number of hydrogen-bond acceptors (Lipinski definition) is 4. The minimum Gasteiger partial charge on any atom is -0.307 e. The number of carbonyl (C=O) groups is 1. The van der Waals surface area contributed by atoms with Crippen molar-refractivity contribution in [1.29, 1.82) is 0 Å². The summed E-state index contributed by atoms with van der Waals surface area (Å²) in [5, 5.41) is 3.68. The molecule has 2 heterocycles. The van der Waals surface area contributed by atoms with E-state index >= 15 is 0 Å². The van der Waals surface area contributed by atoms with Crippen molar-refractivity contribution in [2.45, 2.75) is 12.1 Å². The molecule has 0 unspecified atom stereocenters. The molecule has 0 atom stereocenters. The summed E-state index contributed by atoms with van der Waals surface area (Å²) in [7, 11) is 0. The summed E-state index contributed by atoms with van der Waals surface area (Å²) in [5.74, 6) is 0.354. The lowest BCUT2D eigenvalue weighted by Gasteiger charge is -2.09. The van der Waals surface area contributed by atoms with Crippen molar-refractivity contribution in [2.75, 3.05) is 11.6 Å². The smallest absolute Gasteiger partial charge is 0.256 e. The van der Waals surface area contributed by atoms with E-state index in [1.165, 1.54) is 0 Å². The summed E-state index contributed by atoms with van der Waals surface area (Å²) in [4.78, 5) is 20.9. The molecule has 23 heavy (non-hydrogen) atoms. The highest BCUT2D eigenvalue weighted by molar-refractivity contribution is 7.98. The van der Waals surface area contributed by atoms with Crippen LogP contribution in [0.5, 0.6) is 0 Å². The van der Waals surface area contributed by atoms with Gasteiger partial charge in [-0.25, -0.2) is 9.97 Å². The van der Waals surface area contributed by atoms with Crippen LogP contribution in [-0.4, -0.2) is 26.7 Å². The SMILES string of the molecule is CSc1nccn1-c1cccc(C(=O)Nc2ccc(C)cn2)c1. The van der Waals surface area contributed by atoms with E-state index in [2.05, 4.69) is 15.3 Å². The predicted molar refractivity (Wildman–Crippen MR) is 92.3 cm³/mol. The first-order chi connectivity index (χ1) is 11.2. The quantitative estimate of drug-likeness (QED) is 0.746. The fourth-order valence-corrected chi connectivity index (χ4v) is 2.69. The van der Waals surface area contributed by atoms with Crippen LogP contribution in [0.2, 0.25) is 0 Å². The minimum absolute atomic E-state index is 0.186. The van der Waals surface area contributed by atoms with Gasteiger partial charge < -0.3 is 5.32 Å². The Balaban J connectivity index is 1.84. The molecule has 3 aromatic rings. The molecule has 5 nitrogen and oxygen atoms in total. The first kappa shape index (κ1) is 15.3.